The van der Waals surface area contributed by atoms with Crippen molar-refractivity contribution in [1.29, 1.82) is 0 Å². The number of nitrogens with zero attached hydrogens (tertiary/aromatic N) is 1. The monoisotopic (exact) mass is 363 g/mol. The van der Waals surface area contributed by atoms with Crippen LogP contribution in [-0.2, 0) is 15.5 Å². The van der Waals surface area contributed by atoms with Crippen LogP contribution >= 0.6 is 11.6 Å². The van der Waals surface area contributed by atoms with E-state index in [9.17, 15) is 18.3 Å². The summed E-state index contributed by atoms with van der Waals surface area (Å²) in [5.41, 5.74) is -1.91. The number of aromatic nitrogens is 1. The van der Waals surface area contributed by atoms with E-state index in [0.29, 0.717) is 6.20 Å². The Kier molecular flexibility index (Phi) is 5.08. The van der Waals surface area contributed by atoms with E-state index in [1.54, 1.807) is 0 Å². The van der Waals surface area contributed by atoms with Crippen LogP contribution in [0, 0.1) is 0 Å². The standard InChI is InChI=1S/C15H18BClF3NO3/c1-13(2)14(3,4)24-16(23-13)11(8-22)6-9-5-10(15(18,19)20)7-21-12(9)17/h5-7,22H,8H2,1-4H3. The molecular formula is C15H18BClF3NO3. The van der Waals surface area contributed by atoms with E-state index in [2.05, 4.69) is 4.98 Å². The van der Waals surface area contributed by atoms with Gasteiger partial charge in [0.25, 0.3) is 0 Å². The molecule has 2 heterocycles. The van der Waals surface area contributed by atoms with E-state index in [1.807, 2.05) is 27.7 Å². The predicted octanol–water partition coefficient (Wildman–Crippen LogP) is 3.76. The van der Waals surface area contributed by atoms with Crippen LogP contribution in [0.25, 0.3) is 6.08 Å². The molecule has 1 aliphatic rings. The topological polar surface area (TPSA) is 51.6 Å². The Morgan fingerprint density at radius 1 is 1.29 bits per heavy atom. The molecule has 1 N–H and O–H groups in total. The number of pyridine rings is 1. The van der Waals surface area contributed by atoms with Gasteiger partial charge in [0.05, 0.1) is 23.4 Å². The Bertz CT molecular complexity index is 646. The highest BCUT2D eigenvalue weighted by atomic mass is 35.5. The molecule has 0 saturated carbocycles. The maximum Gasteiger partial charge on any atom is 0.492 e. The summed E-state index contributed by atoms with van der Waals surface area (Å²) in [4.78, 5) is 3.55. The second kappa shape index (κ2) is 6.33. The molecule has 1 fully saturated rings. The van der Waals surface area contributed by atoms with Crippen molar-refractivity contribution in [3.05, 3.63) is 34.0 Å². The summed E-state index contributed by atoms with van der Waals surface area (Å²) < 4.78 is 50.0. The number of hydrogen-bond donors (Lipinski definition) is 1. The lowest BCUT2D eigenvalue weighted by Crippen LogP contribution is -2.41. The Morgan fingerprint density at radius 2 is 1.83 bits per heavy atom. The normalized spacial score (nSPS) is 20.5. The van der Waals surface area contributed by atoms with Crippen molar-refractivity contribution < 1.29 is 27.6 Å². The Morgan fingerprint density at radius 3 is 2.29 bits per heavy atom. The van der Waals surface area contributed by atoms with Crippen molar-refractivity contribution in [1.82, 2.24) is 4.98 Å². The molecule has 1 saturated heterocycles. The summed E-state index contributed by atoms with van der Waals surface area (Å²) >= 11 is 5.88. The summed E-state index contributed by atoms with van der Waals surface area (Å²) in [6, 6.07) is 0.871. The summed E-state index contributed by atoms with van der Waals surface area (Å²) in [5, 5.41) is 9.49. The van der Waals surface area contributed by atoms with Crippen molar-refractivity contribution in [2.75, 3.05) is 6.61 Å². The lowest BCUT2D eigenvalue weighted by atomic mass is 9.77. The zero-order valence-corrected chi connectivity index (χ0v) is 14.5. The molecule has 0 unspecified atom stereocenters. The largest absolute Gasteiger partial charge is 0.492 e. The van der Waals surface area contributed by atoms with Crippen LogP contribution in [-0.4, -0.2) is 35.0 Å². The number of aliphatic hydroxyl groups excluding tert-OH is 1. The lowest BCUT2D eigenvalue weighted by Gasteiger charge is -2.32. The molecule has 0 aromatic carbocycles. The second-order valence-electron chi connectivity index (χ2n) is 6.57. The quantitative estimate of drug-likeness (QED) is 0.656. The van der Waals surface area contributed by atoms with Crippen LogP contribution in [0.2, 0.25) is 5.15 Å². The molecule has 1 aliphatic heterocycles. The van der Waals surface area contributed by atoms with Gasteiger partial charge in [0.1, 0.15) is 5.15 Å². The highest BCUT2D eigenvalue weighted by Crippen LogP contribution is 2.39. The molecule has 132 valence electrons. The number of hydrogen-bond acceptors (Lipinski definition) is 4. The molecule has 4 nitrogen and oxygen atoms in total. The molecule has 0 amide bonds. The van der Waals surface area contributed by atoms with E-state index in [-0.39, 0.29) is 16.2 Å². The number of rotatable bonds is 3. The molecule has 24 heavy (non-hydrogen) atoms. The highest BCUT2D eigenvalue weighted by Gasteiger charge is 2.52. The van der Waals surface area contributed by atoms with Gasteiger partial charge in [0.15, 0.2) is 0 Å². The molecule has 1 aromatic heterocycles. The average Bonchev–Trinajstić information content (AvgIpc) is 2.65. The summed E-state index contributed by atoms with van der Waals surface area (Å²) in [6.07, 6.45) is -2.57. The second-order valence-corrected chi connectivity index (χ2v) is 6.93. The predicted molar refractivity (Wildman–Crippen MR) is 85.4 cm³/mol. The molecule has 0 bridgehead atoms. The first-order chi connectivity index (χ1) is 10.9. The SMILES string of the molecule is CC1(C)OB(C(=Cc2cc(C(F)(F)F)cnc2Cl)CO)OC1(C)C. The third kappa shape index (κ3) is 3.77. The summed E-state index contributed by atoms with van der Waals surface area (Å²) in [6.45, 7) is 6.88. The van der Waals surface area contributed by atoms with Gasteiger partial charge in [-0.2, -0.15) is 13.2 Å². The van der Waals surface area contributed by atoms with Crippen LogP contribution in [0.5, 0.6) is 0 Å². The van der Waals surface area contributed by atoms with Gasteiger partial charge < -0.3 is 14.4 Å². The van der Waals surface area contributed by atoms with Crippen LogP contribution in [0.1, 0.15) is 38.8 Å². The Hall–Kier alpha value is -1.09. The van der Waals surface area contributed by atoms with Gasteiger partial charge in [-0.3, -0.25) is 0 Å². The molecular weight excluding hydrogens is 345 g/mol. The zero-order chi connectivity index (χ0) is 18.3. The molecule has 0 aliphatic carbocycles. The van der Waals surface area contributed by atoms with Crippen molar-refractivity contribution in [3.8, 4) is 0 Å². The fourth-order valence-electron chi connectivity index (χ4n) is 2.10. The van der Waals surface area contributed by atoms with E-state index < -0.39 is 36.7 Å². The van der Waals surface area contributed by atoms with Crippen molar-refractivity contribution in [2.24, 2.45) is 0 Å². The van der Waals surface area contributed by atoms with Crippen molar-refractivity contribution in [3.63, 3.8) is 0 Å². The van der Waals surface area contributed by atoms with Gasteiger partial charge in [-0.05, 0) is 39.2 Å². The molecule has 0 spiro atoms. The van der Waals surface area contributed by atoms with Crippen LogP contribution in [0.15, 0.2) is 17.7 Å². The zero-order valence-electron chi connectivity index (χ0n) is 13.7. The molecule has 0 atom stereocenters. The van der Waals surface area contributed by atoms with E-state index in [4.69, 9.17) is 20.9 Å². The number of alkyl halides is 3. The Balaban J connectivity index is 2.39. The molecule has 9 heteroatoms. The number of halogens is 4. The van der Waals surface area contributed by atoms with Crippen molar-refractivity contribution >= 4 is 24.8 Å². The first-order valence-corrected chi connectivity index (χ1v) is 7.65. The molecule has 1 aromatic rings. The van der Waals surface area contributed by atoms with Gasteiger partial charge in [-0.25, -0.2) is 4.98 Å². The third-order valence-corrected chi connectivity index (χ3v) is 4.59. The van der Waals surface area contributed by atoms with Gasteiger partial charge >= 0.3 is 13.3 Å². The summed E-state index contributed by atoms with van der Waals surface area (Å²) in [5.74, 6) is 0. The maximum absolute atomic E-state index is 12.8. The molecule has 0 radical (unpaired) electrons. The Labute approximate surface area is 143 Å². The smallest absolute Gasteiger partial charge is 0.400 e. The van der Waals surface area contributed by atoms with E-state index in [1.165, 1.54) is 6.08 Å². The van der Waals surface area contributed by atoms with Gasteiger partial charge in [0, 0.05) is 11.8 Å². The van der Waals surface area contributed by atoms with Crippen LogP contribution in [0.3, 0.4) is 0 Å². The molecule has 2 rings (SSSR count). The fourth-order valence-corrected chi connectivity index (χ4v) is 2.26. The highest BCUT2D eigenvalue weighted by molar-refractivity contribution is 6.56. The van der Waals surface area contributed by atoms with Gasteiger partial charge in [-0.1, -0.05) is 17.7 Å². The first kappa shape index (κ1) is 19.2. The van der Waals surface area contributed by atoms with E-state index in [0.717, 1.165) is 6.07 Å². The van der Waals surface area contributed by atoms with E-state index >= 15 is 0 Å². The average molecular weight is 364 g/mol. The minimum Gasteiger partial charge on any atom is -0.400 e. The number of aliphatic hydroxyl groups is 1. The van der Waals surface area contributed by atoms with Gasteiger partial charge in [-0.15, -0.1) is 0 Å². The fraction of sp³-hybridized carbons (Fsp3) is 0.533. The minimum atomic E-state index is -4.54. The van der Waals surface area contributed by atoms with Crippen LogP contribution in [0.4, 0.5) is 13.2 Å². The first-order valence-electron chi connectivity index (χ1n) is 7.27. The van der Waals surface area contributed by atoms with Gasteiger partial charge in [0.2, 0.25) is 0 Å². The van der Waals surface area contributed by atoms with Crippen molar-refractivity contribution in [2.45, 2.75) is 45.1 Å². The minimum absolute atomic E-state index is 0.0326. The third-order valence-electron chi connectivity index (χ3n) is 4.27. The maximum atomic E-state index is 12.8. The van der Waals surface area contributed by atoms with Crippen LogP contribution < -0.4 is 0 Å². The lowest BCUT2D eigenvalue weighted by molar-refractivity contribution is -0.137. The summed E-state index contributed by atoms with van der Waals surface area (Å²) in [7, 11) is -0.884.